The zero-order chi connectivity index (χ0) is 18.3. The van der Waals surface area contributed by atoms with Crippen LogP contribution in [0.1, 0.15) is 18.4 Å². The largest absolute Gasteiger partial charge is 0.481 e. The molecule has 3 atom stereocenters. The number of carbonyl (C=O) groups is 2. The molecule has 1 aromatic heterocycles. The number of fused-ring (bicyclic) bond motifs is 1. The van der Waals surface area contributed by atoms with Crippen molar-refractivity contribution in [2.75, 3.05) is 0 Å². The fourth-order valence-electron chi connectivity index (χ4n) is 3.82. The SMILES string of the molecule is O=C1N[C@@H]2C[C@@](Cc3cccc(-c4ncc(F)cn4)c3)(C(=O)O)C[C@@H]2O1. The Morgan fingerprint density at radius 1 is 1.35 bits per heavy atom. The maximum absolute atomic E-state index is 13.0. The van der Waals surface area contributed by atoms with Gasteiger partial charge in [-0.25, -0.2) is 19.2 Å². The summed E-state index contributed by atoms with van der Waals surface area (Å²) in [4.78, 5) is 31.2. The van der Waals surface area contributed by atoms with Gasteiger partial charge in [0.2, 0.25) is 0 Å². The number of halogens is 1. The molecule has 0 radical (unpaired) electrons. The Labute approximate surface area is 148 Å². The molecule has 0 unspecified atom stereocenters. The van der Waals surface area contributed by atoms with Crippen LogP contribution in [0.2, 0.25) is 0 Å². The number of carboxylic acids is 1. The lowest BCUT2D eigenvalue weighted by molar-refractivity contribution is -0.149. The molecule has 8 heteroatoms. The third kappa shape index (κ3) is 2.87. The van der Waals surface area contributed by atoms with E-state index in [0.29, 0.717) is 24.2 Å². The Morgan fingerprint density at radius 3 is 2.81 bits per heavy atom. The maximum atomic E-state index is 13.0. The quantitative estimate of drug-likeness (QED) is 0.870. The minimum Gasteiger partial charge on any atom is -0.481 e. The Hall–Kier alpha value is -3.03. The normalized spacial score (nSPS) is 26.9. The summed E-state index contributed by atoms with van der Waals surface area (Å²) in [6.45, 7) is 0. The number of hydrogen-bond donors (Lipinski definition) is 2. The molecule has 2 aliphatic rings. The third-order valence-electron chi connectivity index (χ3n) is 5.01. The highest BCUT2D eigenvalue weighted by Crippen LogP contribution is 2.44. The molecule has 2 N–H and O–H groups in total. The molecular weight excluding hydrogens is 341 g/mol. The summed E-state index contributed by atoms with van der Waals surface area (Å²) < 4.78 is 18.2. The molecular formula is C18H16FN3O4. The van der Waals surface area contributed by atoms with E-state index in [9.17, 15) is 19.1 Å². The van der Waals surface area contributed by atoms with Crippen molar-refractivity contribution in [2.45, 2.75) is 31.4 Å². The van der Waals surface area contributed by atoms with Crippen LogP contribution in [0, 0.1) is 11.2 Å². The Bertz CT molecular complexity index is 855. The number of aromatic nitrogens is 2. The number of amides is 1. The Balaban J connectivity index is 1.59. The fraction of sp³-hybridized carbons (Fsp3) is 0.333. The van der Waals surface area contributed by atoms with Crippen molar-refractivity contribution < 1.29 is 23.8 Å². The summed E-state index contributed by atoms with van der Waals surface area (Å²) in [5.74, 6) is -1.06. The van der Waals surface area contributed by atoms with Gasteiger partial charge in [-0.2, -0.15) is 0 Å². The van der Waals surface area contributed by atoms with Crippen LogP contribution in [0.25, 0.3) is 11.4 Å². The van der Waals surface area contributed by atoms with Gasteiger partial charge in [0.1, 0.15) is 6.10 Å². The highest BCUT2D eigenvalue weighted by atomic mass is 19.1. The second-order valence-electron chi connectivity index (χ2n) is 6.79. The van der Waals surface area contributed by atoms with Gasteiger partial charge in [-0.05, 0) is 24.5 Å². The van der Waals surface area contributed by atoms with Crippen molar-refractivity contribution in [1.82, 2.24) is 15.3 Å². The first-order chi connectivity index (χ1) is 12.4. The lowest BCUT2D eigenvalue weighted by Gasteiger charge is -2.25. The number of nitrogens with one attached hydrogen (secondary N) is 1. The van der Waals surface area contributed by atoms with Crippen LogP contribution in [-0.4, -0.2) is 39.3 Å². The number of alkyl carbamates (subject to hydrolysis) is 1. The average Bonchev–Trinajstić information content (AvgIpc) is 3.10. The third-order valence-corrected chi connectivity index (χ3v) is 5.01. The van der Waals surface area contributed by atoms with Gasteiger partial charge < -0.3 is 15.2 Å². The van der Waals surface area contributed by atoms with E-state index >= 15 is 0 Å². The minimum absolute atomic E-state index is 0.267. The number of nitrogens with zero attached hydrogens (tertiary/aromatic N) is 2. The van der Waals surface area contributed by atoms with E-state index in [4.69, 9.17) is 4.74 Å². The number of aliphatic carboxylic acids is 1. The molecule has 1 saturated heterocycles. The maximum Gasteiger partial charge on any atom is 0.407 e. The smallest absolute Gasteiger partial charge is 0.407 e. The molecule has 0 bridgehead atoms. The van der Waals surface area contributed by atoms with Crippen molar-refractivity contribution in [2.24, 2.45) is 5.41 Å². The lowest BCUT2D eigenvalue weighted by atomic mass is 9.79. The van der Waals surface area contributed by atoms with Crippen LogP contribution in [0.4, 0.5) is 9.18 Å². The summed E-state index contributed by atoms with van der Waals surface area (Å²) in [7, 11) is 0. The number of benzene rings is 1. The van der Waals surface area contributed by atoms with Crippen LogP contribution in [0.15, 0.2) is 36.7 Å². The molecule has 0 spiro atoms. The predicted molar refractivity (Wildman–Crippen MR) is 87.6 cm³/mol. The molecule has 1 amide bonds. The van der Waals surface area contributed by atoms with Crippen molar-refractivity contribution >= 4 is 12.1 Å². The summed E-state index contributed by atoms with van der Waals surface area (Å²) >= 11 is 0. The second kappa shape index (κ2) is 6.05. The van der Waals surface area contributed by atoms with Gasteiger partial charge in [-0.3, -0.25) is 4.79 Å². The van der Waals surface area contributed by atoms with Gasteiger partial charge in [0.15, 0.2) is 11.6 Å². The van der Waals surface area contributed by atoms with E-state index in [1.54, 1.807) is 12.1 Å². The molecule has 26 heavy (non-hydrogen) atoms. The van der Waals surface area contributed by atoms with Gasteiger partial charge in [-0.1, -0.05) is 18.2 Å². The molecule has 2 fully saturated rings. The van der Waals surface area contributed by atoms with Crippen molar-refractivity contribution in [3.8, 4) is 11.4 Å². The van der Waals surface area contributed by atoms with E-state index < -0.39 is 29.4 Å². The van der Waals surface area contributed by atoms with Crippen molar-refractivity contribution in [1.29, 1.82) is 0 Å². The molecule has 1 aromatic carbocycles. The van der Waals surface area contributed by atoms with Crippen LogP contribution >= 0.6 is 0 Å². The van der Waals surface area contributed by atoms with Crippen molar-refractivity contribution in [3.05, 3.63) is 48.0 Å². The molecule has 7 nitrogen and oxygen atoms in total. The van der Waals surface area contributed by atoms with Gasteiger partial charge in [0, 0.05) is 12.0 Å². The van der Waals surface area contributed by atoms with Gasteiger partial charge in [0.05, 0.1) is 23.9 Å². The van der Waals surface area contributed by atoms with E-state index in [0.717, 1.165) is 18.0 Å². The van der Waals surface area contributed by atoms with Crippen LogP contribution < -0.4 is 5.32 Å². The summed E-state index contributed by atoms with van der Waals surface area (Å²) in [5, 5.41) is 12.5. The van der Waals surface area contributed by atoms with Crippen LogP contribution in [-0.2, 0) is 16.0 Å². The van der Waals surface area contributed by atoms with Crippen LogP contribution in [0.3, 0.4) is 0 Å². The second-order valence-corrected chi connectivity index (χ2v) is 6.79. The molecule has 2 aromatic rings. The zero-order valence-corrected chi connectivity index (χ0v) is 13.7. The molecule has 1 aliphatic carbocycles. The van der Waals surface area contributed by atoms with E-state index in [1.165, 1.54) is 0 Å². The number of carboxylic acid groups (broad SMARTS) is 1. The highest BCUT2D eigenvalue weighted by molar-refractivity contribution is 5.78. The Kier molecular flexibility index (Phi) is 3.82. The lowest BCUT2D eigenvalue weighted by Crippen LogP contribution is -2.35. The molecule has 1 saturated carbocycles. The van der Waals surface area contributed by atoms with E-state index in [2.05, 4.69) is 15.3 Å². The summed E-state index contributed by atoms with van der Waals surface area (Å²) in [6, 6.07) is 6.96. The topological polar surface area (TPSA) is 101 Å². The van der Waals surface area contributed by atoms with Crippen LogP contribution in [0.5, 0.6) is 0 Å². The number of hydrogen-bond acceptors (Lipinski definition) is 5. The molecule has 1 aliphatic heterocycles. The molecule has 2 heterocycles. The van der Waals surface area contributed by atoms with Gasteiger partial charge >= 0.3 is 12.1 Å². The average molecular weight is 357 g/mol. The summed E-state index contributed by atoms with van der Waals surface area (Å²) in [5.41, 5.74) is 0.487. The Morgan fingerprint density at radius 2 is 2.12 bits per heavy atom. The van der Waals surface area contributed by atoms with Crippen molar-refractivity contribution in [3.63, 3.8) is 0 Å². The molecule has 4 rings (SSSR count). The minimum atomic E-state index is -1.01. The number of carbonyl (C=O) groups excluding carboxylic acids is 1. The number of rotatable bonds is 4. The van der Waals surface area contributed by atoms with E-state index in [1.807, 2.05) is 12.1 Å². The molecule has 134 valence electrons. The van der Waals surface area contributed by atoms with E-state index in [-0.39, 0.29) is 12.5 Å². The monoisotopic (exact) mass is 357 g/mol. The highest BCUT2D eigenvalue weighted by Gasteiger charge is 2.55. The fourth-order valence-corrected chi connectivity index (χ4v) is 3.82. The first-order valence-corrected chi connectivity index (χ1v) is 8.23. The van der Waals surface area contributed by atoms with Gasteiger partial charge in [-0.15, -0.1) is 0 Å². The first kappa shape index (κ1) is 16.4. The summed E-state index contributed by atoms with van der Waals surface area (Å²) in [6.07, 6.45) is 2.15. The first-order valence-electron chi connectivity index (χ1n) is 8.23. The van der Waals surface area contributed by atoms with Gasteiger partial charge in [0.25, 0.3) is 0 Å². The predicted octanol–water partition coefficient (Wildman–Crippen LogP) is 2.17. The number of ether oxygens (including phenoxy) is 1. The zero-order valence-electron chi connectivity index (χ0n) is 13.7. The standard InChI is InChI=1S/C18H16FN3O4/c19-12-8-20-15(21-9-12)11-3-1-2-10(4-11)5-18(16(23)24)6-13-14(7-18)26-17(25)22-13/h1-4,8-9,13-14H,5-7H2,(H,22,25)(H,23,24)/t13-,14+,18-/m1/s1.